The standard InChI is InChI=1S/C19H20N2O5S/c1-25-12-5-6-13(16(10-12)26-2)15-11-14(17-4-3-9-27-17)20-21(15)18(22)7-8-19(23)24/h3-6,9-10,15H,7-8,11H2,1-2H3,(H,23,24). The minimum Gasteiger partial charge on any atom is -0.497 e. The van der Waals surface area contributed by atoms with E-state index in [1.54, 1.807) is 37.7 Å². The fraction of sp³-hybridized carbons (Fsp3) is 0.316. The summed E-state index contributed by atoms with van der Waals surface area (Å²) >= 11 is 1.55. The summed E-state index contributed by atoms with van der Waals surface area (Å²) in [5.74, 6) is -0.0924. The Morgan fingerprint density at radius 2 is 2.07 bits per heavy atom. The van der Waals surface area contributed by atoms with Crippen LogP contribution in [0.1, 0.15) is 35.7 Å². The zero-order chi connectivity index (χ0) is 19.4. The van der Waals surface area contributed by atoms with Gasteiger partial charge in [0.25, 0.3) is 0 Å². The molecule has 142 valence electrons. The number of aliphatic carboxylic acids is 1. The van der Waals surface area contributed by atoms with Crippen molar-refractivity contribution in [1.82, 2.24) is 5.01 Å². The highest BCUT2D eigenvalue weighted by Crippen LogP contribution is 2.39. The van der Waals surface area contributed by atoms with Crippen LogP contribution < -0.4 is 9.47 Å². The molecule has 0 fully saturated rings. The van der Waals surface area contributed by atoms with Crippen molar-refractivity contribution in [2.24, 2.45) is 5.10 Å². The molecule has 0 spiro atoms. The molecule has 1 aliphatic heterocycles. The maximum Gasteiger partial charge on any atom is 0.303 e. The highest BCUT2D eigenvalue weighted by atomic mass is 32.1. The third kappa shape index (κ3) is 4.11. The molecular weight excluding hydrogens is 368 g/mol. The highest BCUT2D eigenvalue weighted by molar-refractivity contribution is 7.12. The van der Waals surface area contributed by atoms with E-state index in [-0.39, 0.29) is 24.8 Å². The number of rotatable bonds is 7. The van der Waals surface area contributed by atoms with E-state index in [0.29, 0.717) is 17.9 Å². The molecule has 0 aliphatic carbocycles. The molecule has 27 heavy (non-hydrogen) atoms. The SMILES string of the molecule is COc1ccc(C2CC(c3cccs3)=NN2C(=O)CCC(=O)O)c(OC)c1. The number of nitrogens with zero attached hydrogens (tertiary/aromatic N) is 2. The first-order chi connectivity index (χ1) is 13.0. The van der Waals surface area contributed by atoms with Gasteiger partial charge in [-0.05, 0) is 23.6 Å². The van der Waals surface area contributed by atoms with Crippen molar-refractivity contribution in [3.63, 3.8) is 0 Å². The summed E-state index contributed by atoms with van der Waals surface area (Å²) in [6, 6.07) is 8.95. The molecule has 0 radical (unpaired) electrons. The van der Waals surface area contributed by atoms with Crippen LogP contribution in [0.25, 0.3) is 0 Å². The first-order valence-electron chi connectivity index (χ1n) is 8.40. The zero-order valence-electron chi connectivity index (χ0n) is 15.0. The van der Waals surface area contributed by atoms with Crippen molar-refractivity contribution >= 4 is 28.9 Å². The molecular formula is C19H20N2O5S. The molecule has 0 saturated heterocycles. The molecule has 7 nitrogen and oxygen atoms in total. The molecule has 2 heterocycles. The summed E-state index contributed by atoms with van der Waals surface area (Å²) in [4.78, 5) is 24.5. The number of amides is 1. The summed E-state index contributed by atoms with van der Waals surface area (Å²) in [5.41, 5.74) is 1.61. The second kappa shape index (κ2) is 8.22. The lowest BCUT2D eigenvalue weighted by Gasteiger charge is -2.23. The maximum absolute atomic E-state index is 12.7. The number of hydrogen-bond acceptors (Lipinski definition) is 6. The van der Waals surface area contributed by atoms with E-state index in [0.717, 1.165) is 16.2 Å². The van der Waals surface area contributed by atoms with Gasteiger partial charge in [-0.1, -0.05) is 6.07 Å². The van der Waals surface area contributed by atoms with Crippen LogP contribution in [-0.2, 0) is 9.59 Å². The van der Waals surface area contributed by atoms with Gasteiger partial charge in [-0.3, -0.25) is 9.59 Å². The summed E-state index contributed by atoms with van der Waals surface area (Å²) in [7, 11) is 3.13. The van der Waals surface area contributed by atoms with Gasteiger partial charge < -0.3 is 14.6 Å². The van der Waals surface area contributed by atoms with Crippen molar-refractivity contribution in [2.75, 3.05) is 14.2 Å². The number of benzene rings is 1. The average Bonchev–Trinajstić information content (AvgIpc) is 3.35. The van der Waals surface area contributed by atoms with Crippen LogP contribution >= 0.6 is 11.3 Å². The van der Waals surface area contributed by atoms with Crippen LogP contribution in [0.4, 0.5) is 0 Å². The van der Waals surface area contributed by atoms with Gasteiger partial charge in [0.2, 0.25) is 5.91 Å². The molecule has 1 atom stereocenters. The lowest BCUT2D eigenvalue weighted by atomic mass is 9.99. The smallest absolute Gasteiger partial charge is 0.303 e. The van der Waals surface area contributed by atoms with Gasteiger partial charge in [-0.15, -0.1) is 11.3 Å². The number of carbonyl (C=O) groups excluding carboxylic acids is 1. The van der Waals surface area contributed by atoms with Crippen molar-refractivity contribution in [3.05, 3.63) is 46.2 Å². The Kier molecular flexibility index (Phi) is 5.75. The Morgan fingerprint density at radius 3 is 2.70 bits per heavy atom. The number of thiophene rings is 1. The third-order valence-corrected chi connectivity index (χ3v) is 5.24. The predicted molar refractivity (Wildman–Crippen MR) is 101 cm³/mol. The molecule has 8 heteroatoms. The Balaban J connectivity index is 1.94. The van der Waals surface area contributed by atoms with Gasteiger partial charge in [0.1, 0.15) is 11.5 Å². The van der Waals surface area contributed by atoms with E-state index in [9.17, 15) is 9.59 Å². The Hall–Kier alpha value is -2.87. The van der Waals surface area contributed by atoms with Crippen LogP contribution in [0.2, 0.25) is 0 Å². The molecule has 0 bridgehead atoms. The molecule has 0 saturated carbocycles. The largest absolute Gasteiger partial charge is 0.497 e. The third-order valence-electron chi connectivity index (χ3n) is 4.32. The van der Waals surface area contributed by atoms with E-state index < -0.39 is 5.97 Å². The number of methoxy groups -OCH3 is 2. The molecule has 2 aromatic rings. The number of hydrazone groups is 1. The van der Waals surface area contributed by atoms with Crippen LogP contribution in [-0.4, -0.2) is 41.9 Å². The molecule has 1 aromatic carbocycles. The molecule has 1 aromatic heterocycles. The second-order valence-electron chi connectivity index (χ2n) is 5.98. The first kappa shape index (κ1) is 18.9. The summed E-state index contributed by atoms with van der Waals surface area (Å²) in [6.07, 6.45) is 0.194. The topological polar surface area (TPSA) is 88.4 Å². The van der Waals surface area contributed by atoms with Crippen LogP contribution in [0.15, 0.2) is 40.8 Å². The predicted octanol–water partition coefficient (Wildman–Crippen LogP) is 3.31. The Bertz CT molecular complexity index is 863. The van der Waals surface area contributed by atoms with Crippen LogP contribution in [0.3, 0.4) is 0 Å². The summed E-state index contributed by atoms with van der Waals surface area (Å²) < 4.78 is 10.7. The van der Waals surface area contributed by atoms with Crippen LogP contribution in [0, 0.1) is 0 Å². The lowest BCUT2D eigenvalue weighted by Crippen LogP contribution is -2.27. The van der Waals surface area contributed by atoms with Crippen molar-refractivity contribution in [3.8, 4) is 11.5 Å². The fourth-order valence-corrected chi connectivity index (χ4v) is 3.72. The molecule has 1 N–H and O–H groups in total. The number of carboxylic acid groups (broad SMARTS) is 1. The van der Waals surface area contributed by atoms with E-state index >= 15 is 0 Å². The summed E-state index contributed by atoms with van der Waals surface area (Å²) in [5, 5.41) is 16.8. The van der Waals surface area contributed by atoms with Gasteiger partial charge in [0, 0.05) is 24.5 Å². The quantitative estimate of drug-likeness (QED) is 0.786. The van der Waals surface area contributed by atoms with Gasteiger partial charge in [-0.2, -0.15) is 5.10 Å². The Labute approximate surface area is 160 Å². The van der Waals surface area contributed by atoms with Gasteiger partial charge >= 0.3 is 5.97 Å². The highest BCUT2D eigenvalue weighted by Gasteiger charge is 2.35. The fourth-order valence-electron chi connectivity index (χ4n) is 3.00. The normalized spacial score (nSPS) is 16.1. The van der Waals surface area contributed by atoms with Gasteiger partial charge in [-0.25, -0.2) is 5.01 Å². The summed E-state index contributed by atoms with van der Waals surface area (Å²) in [6.45, 7) is 0. The van der Waals surface area contributed by atoms with Crippen molar-refractivity contribution in [2.45, 2.75) is 25.3 Å². The second-order valence-corrected chi connectivity index (χ2v) is 6.93. The monoisotopic (exact) mass is 388 g/mol. The van der Waals surface area contributed by atoms with E-state index in [1.165, 1.54) is 5.01 Å². The zero-order valence-corrected chi connectivity index (χ0v) is 15.9. The first-order valence-corrected chi connectivity index (χ1v) is 9.28. The van der Waals surface area contributed by atoms with Crippen LogP contribution in [0.5, 0.6) is 11.5 Å². The minimum atomic E-state index is -1.01. The number of carbonyl (C=O) groups is 2. The van der Waals surface area contributed by atoms with E-state index in [1.807, 2.05) is 23.6 Å². The number of ether oxygens (including phenoxy) is 2. The number of carboxylic acids is 1. The van der Waals surface area contributed by atoms with E-state index in [4.69, 9.17) is 14.6 Å². The number of hydrogen-bond donors (Lipinski definition) is 1. The van der Waals surface area contributed by atoms with Gasteiger partial charge in [0.15, 0.2) is 0 Å². The molecule has 1 aliphatic rings. The maximum atomic E-state index is 12.7. The van der Waals surface area contributed by atoms with Gasteiger partial charge in [0.05, 0.1) is 37.3 Å². The minimum absolute atomic E-state index is 0.106. The molecule has 3 rings (SSSR count). The van der Waals surface area contributed by atoms with E-state index in [2.05, 4.69) is 5.10 Å². The Morgan fingerprint density at radius 1 is 1.26 bits per heavy atom. The van der Waals surface area contributed by atoms with Crippen molar-refractivity contribution < 1.29 is 24.2 Å². The van der Waals surface area contributed by atoms with Crippen molar-refractivity contribution in [1.29, 1.82) is 0 Å². The lowest BCUT2D eigenvalue weighted by molar-refractivity contribution is -0.141. The molecule has 1 unspecified atom stereocenters. The molecule has 1 amide bonds. The average molecular weight is 388 g/mol.